The second-order valence-corrected chi connectivity index (χ2v) is 5.28. The zero-order valence-corrected chi connectivity index (χ0v) is 10.7. The fourth-order valence-electron chi connectivity index (χ4n) is 2.03. The third kappa shape index (κ3) is 4.49. The summed E-state index contributed by atoms with van der Waals surface area (Å²) in [6.07, 6.45) is 3.54. The van der Waals surface area contributed by atoms with E-state index >= 15 is 0 Å². The number of hydrogen-bond acceptors (Lipinski definition) is 4. The number of ether oxygens (including phenoxy) is 2. The summed E-state index contributed by atoms with van der Waals surface area (Å²) in [5.41, 5.74) is -0.408. The summed E-state index contributed by atoms with van der Waals surface area (Å²) in [4.78, 5) is 11.5. The van der Waals surface area contributed by atoms with Gasteiger partial charge in [-0.25, -0.2) is 0 Å². The largest absolute Gasteiger partial charge is 0.459 e. The normalized spacial score (nSPS) is 25.8. The maximum absolute atomic E-state index is 11.5. The highest BCUT2D eigenvalue weighted by molar-refractivity contribution is 5.72. The lowest BCUT2D eigenvalue weighted by Gasteiger charge is -2.22. The lowest BCUT2D eigenvalue weighted by atomic mass is 10.2. The number of nitrogens with one attached hydrogen (secondary N) is 1. The first-order valence-corrected chi connectivity index (χ1v) is 5.90. The van der Waals surface area contributed by atoms with E-state index in [9.17, 15) is 4.79 Å². The summed E-state index contributed by atoms with van der Waals surface area (Å²) in [6.45, 7) is 5.89. The average molecular weight is 229 g/mol. The van der Waals surface area contributed by atoms with Gasteiger partial charge < -0.3 is 14.8 Å². The average Bonchev–Trinajstić information content (AvgIpc) is 2.59. The molecule has 0 aromatic carbocycles. The molecule has 0 aromatic rings. The Kier molecular flexibility index (Phi) is 4.74. The third-order valence-corrected chi connectivity index (χ3v) is 2.68. The molecule has 1 aliphatic rings. The van der Waals surface area contributed by atoms with Gasteiger partial charge in [-0.3, -0.25) is 4.79 Å². The standard InChI is InChI=1S/C12H23NO3/c1-12(2,3)16-11(14)8-13-9-6-5-7-10(9)15-4/h9-10,13H,5-8H2,1-4H3. The van der Waals surface area contributed by atoms with Crippen LogP contribution in [0.25, 0.3) is 0 Å². The quantitative estimate of drug-likeness (QED) is 0.742. The van der Waals surface area contributed by atoms with E-state index in [0.29, 0.717) is 0 Å². The number of esters is 1. The van der Waals surface area contributed by atoms with Crippen molar-refractivity contribution in [1.82, 2.24) is 5.32 Å². The highest BCUT2D eigenvalue weighted by Crippen LogP contribution is 2.21. The lowest BCUT2D eigenvalue weighted by Crippen LogP contribution is -2.41. The summed E-state index contributed by atoms with van der Waals surface area (Å²) >= 11 is 0. The fourth-order valence-corrected chi connectivity index (χ4v) is 2.03. The van der Waals surface area contributed by atoms with Gasteiger partial charge >= 0.3 is 5.97 Å². The Hall–Kier alpha value is -0.610. The molecule has 1 N–H and O–H groups in total. The van der Waals surface area contributed by atoms with E-state index in [1.165, 1.54) is 0 Å². The van der Waals surface area contributed by atoms with E-state index in [2.05, 4.69) is 5.32 Å². The SMILES string of the molecule is COC1CCCC1NCC(=O)OC(C)(C)C. The Balaban J connectivity index is 2.26. The van der Waals surface area contributed by atoms with Crippen molar-refractivity contribution in [3.63, 3.8) is 0 Å². The molecule has 94 valence electrons. The molecule has 0 aliphatic heterocycles. The molecule has 2 atom stereocenters. The summed E-state index contributed by atoms with van der Waals surface area (Å²) in [5, 5.41) is 3.21. The van der Waals surface area contributed by atoms with Gasteiger partial charge in [-0.2, -0.15) is 0 Å². The van der Waals surface area contributed by atoms with E-state index in [4.69, 9.17) is 9.47 Å². The molecule has 16 heavy (non-hydrogen) atoms. The smallest absolute Gasteiger partial charge is 0.320 e. The predicted octanol–water partition coefficient (Wildman–Crippen LogP) is 1.49. The van der Waals surface area contributed by atoms with Gasteiger partial charge in [0.25, 0.3) is 0 Å². The Labute approximate surface area is 97.7 Å². The molecule has 1 fully saturated rings. The molecule has 0 aromatic heterocycles. The molecular formula is C12H23NO3. The zero-order valence-electron chi connectivity index (χ0n) is 10.7. The first-order chi connectivity index (χ1) is 7.42. The van der Waals surface area contributed by atoms with Crippen LogP contribution in [0.5, 0.6) is 0 Å². The number of methoxy groups -OCH3 is 1. The maximum atomic E-state index is 11.5. The molecule has 0 spiro atoms. The Morgan fingerprint density at radius 1 is 1.38 bits per heavy atom. The van der Waals surface area contributed by atoms with Crippen LogP contribution in [0.1, 0.15) is 40.0 Å². The van der Waals surface area contributed by atoms with Crippen molar-refractivity contribution in [2.24, 2.45) is 0 Å². The van der Waals surface area contributed by atoms with Crippen LogP contribution >= 0.6 is 0 Å². The van der Waals surface area contributed by atoms with Gasteiger partial charge in [-0.05, 0) is 40.0 Å². The molecular weight excluding hydrogens is 206 g/mol. The summed E-state index contributed by atoms with van der Waals surface area (Å²) in [5.74, 6) is -0.200. The van der Waals surface area contributed by atoms with Gasteiger partial charge in [0.05, 0.1) is 12.6 Å². The Morgan fingerprint density at radius 2 is 2.06 bits per heavy atom. The van der Waals surface area contributed by atoms with E-state index in [1.807, 2.05) is 20.8 Å². The molecule has 0 heterocycles. The molecule has 0 bridgehead atoms. The number of rotatable bonds is 4. The van der Waals surface area contributed by atoms with Crippen LogP contribution < -0.4 is 5.32 Å². The van der Waals surface area contributed by atoms with Gasteiger partial charge in [-0.15, -0.1) is 0 Å². The van der Waals surface area contributed by atoms with E-state index < -0.39 is 5.60 Å². The van der Waals surface area contributed by atoms with Crippen molar-refractivity contribution in [3.8, 4) is 0 Å². The molecule has 1 saturated carbocycles. The topological polar surface area (TPSA) is 47.6 Å². The summed E-state index contributed by atoms with van der Waals surface area (Å²) in [7, 11) is 1.72. The van der Waals surface area contributed by atoms with Crippen molar-refractivity contribution in [2.75, 3.05) is 13.7 Å². The first kappa shape index (κ1) is 13.5. The molecule has 4 heteroatoms. The van der Waals surface area contributed by atoms with Gasteiger partial charge in [0, 0.05) is 13.2 Å². The van der Waals surface area contributed by atoms with E-state index in [-0.39, 0.29) is 24.7 Å². The minimum atomic E-state index is -0.408. The Bertz CT molecular complexity index is 235. The van der Waals surface area contributed by atoms with Crippen LogP contribution in [0.4, 0.5) is 0 Å². The van der Waals surface area contributed by atoms with Gasteiger partial charge in [0.2, 0.25) is 0 Å². The lowest BCUT2D eigenvalue weighted by molar-refractivity contribution is -0.153. The molecule has 4 nitrogen and oxygen atoms in total. The van der Waals surface area contributed by atoms with Crippen molar-refractivity contribution >= 4 is 5.97 Å². The fraction of sp³-hybridized carbons (Fsp3) is 0.917. The van der Waals surface area contributed by atoms with Crippen molar-refractivity contribution in [3.05, 3.63) is 0 Å². The van der Waals surface area contributed by atoms with Crippen LogP contribution in [-0.2, 0) is 14.3 Å². The zero-order chi connectivity index (χ0) is 12.2. The first-order valence-electron chi connectivity index (χ1n) is 5.90. The monoisotopic (exact) mass is 229 g/mol. The van der Waals surface area contributed by atoms with Crippen molar-refractivity contribution < 1.29 is 14.3 Å². The van der Waals surface area contributed by atoms with Crippen LogP contribution in [0, 0.1) is 0 Å². The molecule has 0 saturated heterocycles. The van der Waals surface area contributed by atoms with Crippen LogP contribution in [0.15, 0.2) is 0 Å². The molecule has 0 amide bonds. The van der Waals surface area contributed by atoms with Crippen molar-refractivity contribution in [2.45, 2.75) is 57.8 Å². The second-order valence-electron chi connectivity index (χ2n) is 5.28. The highest BCUT2D eigenvalue weighted by atomic mass is 16.6. The third-order valence-electron chi connectivity index (χ3n) is 2.68. The summed E-state index contributed by atoms with van der Waals surface area (Å²) in [6, 6.07) is 0.289. The molecule has 2 unspecified atom stereocenters. The summed E-state index contributed by atoms with van der Waals surface area (Å²) < 4.78 is 10.6. The maximum Gasteiger partial charge on any atom is 0.320 e. The van der Waals surface area contributed by atoms with E-state index in [1.54, 1.807) is 7.11 Å². The van der Waals surface area contributed by atoms with Gasteiger partial charge in [-0.1, -0.05) is 0 Å². The minimum Gasteiger partial charge on any atom is -0.459 e. The number of carbonyl (C=O) groups excluding carboxylic acids is 1. The van der Waals surface area contributed by atoms with Crippen molar-refractivity contribution in [1.29, 1.82) is 0 Å². The number of hydrogen-bond donors (Lipinski definition) is 1. The number of carbonyl (C=O) groups is 1. The molecule has 1 aliphatic carbocycles. The molecule has 1 rings (SSSR count). The van der Waals surface area contributed by atoms with Gasteiger partial charge in [0.15, 0.2) is 0 Å². The van der Waals surface area contributed by atoms with Crippen LogP contribution in [0.2, 0.25) is 0 Å². The van der Waals surface area contributed by atoms with Gasteiger partial charge in [0.1, 0.15) is 5.60 Å². The van der Waals surface area contributed by atoms with Crippen LogP contribution in [0.3, 0.4) is 0 Å². The highest BCUT2D eigenvalue weighted by Gasteiger charge is 2.27. The second kappa shape index (κ2) is 5.64. The van der Waals surface area contributed by atoms with E-state index in [0.717, 1.165) is 19.3 Å². The van der Waals surface area contributed by atoms with Crippen LogP contribution in [-0.4, -0.2) is 37.4 Å². The minimum absolute atomic E-state index is 0.200. The Morgan fingerprint density at radius 3 is 2.62 bits per heavy atom. The predicted molar refractivity (Wildman–Crippen MR) is 62.3 cm³/mol. The molecule has 0 radical (unpaired) electrons.